The largest absolute Gasteiger partial charge is 0.396 e. The lowest BCUT2D eigenvalue weighted by Crippen LogP contribution is -2.17. The van der Waals surface area contributed by atoms with Crippen molar-refractivity contribution in [3.8, 4) is 0 Å². The highest BCUT2D eigenvalue weighted by Crippen LogP contribution is 2.20. The number of pyridine rings is 1. The van der Waals surface area contributed by atoms with E-state index in [9.17, 15) is 13.6 Å². The van der Waals surface area contributed by atoms with Crippen LogP contribution in [0.4, 0.5) is 20.2 Å². The Bertz CT molecular complexity index is 632. The number of nitrogen functional groups attached to an aromatic ring is 1. The van der Waals surface area contributed by atoms with E-state index in [2.05, 4.69) is 10.3 Å². The summed E-state index contributed by atoms with van der Waals surface area (Å²) in [7, 11) is 0. The van der Waals surface area contributed by atoms with Crippen molar-refractivity contribution in [2.45, 2.75) is 0 Å². The molecule has 0 atom stereocenters. The number of rotatable bonds is 2. The quantitative estimate of drug-likeness (QED) is 0.658. The Morgan fingerprint density at radius 1 is 1.26 bits per heavy atom. The number of nitrogens with one attached hydrogen (secondary N) is 1. The molecular formula is C12H8ClF2N3O. The third kappa shape index (κ3) is 2.79. The van der Waals surface area contributed by atoms with Gasteiger partial charge in [-0.2, -0.15) is 0 Å². The van der Waals surface area contributed by atoms with Gasteiger partial charge in [-0.1, -0.05) is 11.6 Å². The summed E-state index contributed by atoms with van der Waals surface area (Å²) >= 11 is 5.58. The minimum absolute atomic E-state index is 0.235. The minimum Gasteiger partial charge on any atom is -0.396 e. The molecule has 0 spiro atoms. The van der Waals surface area contributed by atoms with Gasteiger partial charge in [0.25, 0.3) is 5.91 Å². The maximum absolute atomic E-state index is 13.6. The fourth-order valence-corrected chi connectivity index (χ4v) is 1.53. The van der Waals surface area contributed by atoms with Crippen LogP contribution in [0.2, 0.25) is 5.15 Å². The van der Waals surface area contributed by atoms with Crippen LogP contribution >= 0.6 is 11.6 Å². The number of hydrogen-bond donors (Lipinski definition) is 2. The van der Waals surface area contributed by atoms with E-state index in [1.165, 1.54) is 18.3 Å². The summed E-state index contributed by atoms with van der Waals surface area (Å²) in [6.07, 6.45) is 1.27. The van der Waals surface area contributed by atoms with E-state index >= 15 is 0 Å². The van der Waals surface area contributed by atoms with Crippen LogP contribution in [0.1, 0.15) is 10.4 Å². The molecule has 0 aliphatic carbocycles. The molecule has 0 aliphatic rings. The molecule has 0 unspecified atom stereocenters. The van der Waals surface area contributed by atoms with Crippen LogP contribution in [0.25, 0.3) is 0 Å². The number of nitrogens with two attached hydrogens (primary N) is 1. The summed E-state index contributed by atoms with van der Waals surface area (Å²) in [4.78, 5) is 15.5. The predicted octanol–water partition coefficient (Wildman–Crippen LogP) is 2.85. The Hall–Kier alpha value is -2.21. The zero-order chi connectivity index (χ0) is 14.0. The van der Waals surface area contributed by atoms with Crippen molar-refractivity contribution >= 4 is 28.9 Å². The number of halogens is 3. The van der Waals surface area contributed by atoms with Gasteiger partial charge in [-0.25, -0.2) is 13.8 Å². The molecule has 19 heavy (non-hydrogen) atoms. The van der Waals surface area contributed by atoms with Crippen molar-refractivity contribution in [2.24, 2.45) is 0 Å². The van der Waals surface area contributed by atoms with Gasteiger partial charge in [-0.15, -0.1) is 0 Å². The molecule has 0 saturated carbocycles. The monoisotopic (exact) mass is 283 g/mol. The number of nitrogens with zero attached hydrogens (tertiary/aromatic N) is 1. The Morgan fingerprint density at radius 2 is 2.00 bits per heavy atom. The molecule has 1 aromatic heterocycles. The van der Waals surface area contributed by atoms with E-state index in [1.54, 1.807) is 0 Å². The van der Waals surface area contributed by atoms with Crippen molar-refractivity contribution in [3.05, 3.63) is 52.8 Å². The van der Waals surface area contributed by atoms with Gasteiger partial charge in [0.2, 0.25) is 0 Å². The van der Waals surface area contributed by atoms with Gasteiger partial charge < -0.3 is 11.1 Å². The second-order valence-electron chi connectivity index (χ2n) is 3.65. The maximum atomic E-state index is 13.6. The highest BCUT2D eigenvalue weighted by Gasteiger charge is 2.19. The van der Waals surface area contributed by atoms with Crippen molar-refractivity contribution < 1.29 is 13.6 Å². The van der Waals surface area contributed by atoms with Gasteiger partial charge in [0.05, 0.1) is 17.6 Å². The summed E-state index contributed by atoms with van der Waals surface area (Å²) < 4.78 is 27.1. The maximum Gasteiger partial charge on any atom is 0.261 e. The topological polar surface area (TPSA) is 68.0 Å². The Kier molecular flexibility index (Phi) is 3.62. The molecule has 2 rings (SSSR count). The summed E-state index contributed by atoms with van der Waals surface area (Å²) in [5.74, 6) is -3.04. The molecule has 98 valence electrons. The molecule has 7 heteroatoms. The summed E-state index contributed by atoms with van der Waals surface area (Å²) in [5, 5.41) is 2.53. The van der Waals surface area contributed by atoms with E-state index in [1.807, 2.05) is 0 Å². The molecular weight excluding hydrogens is 276 g/mol. The number of hydrogen-bond acceptors (Lipinski definition) is 3. The van der Waals surface area contributed by atoms with Crippen LogP contribution in [0.3, 0.4) is 0 Å². The zero-order valence-electron chi connectivity index (χ0n) is 9.45. The van der Waals surface area contributed by atoms with Gasteiger partial charge in [0.15, 0.2) is 5.82 Å². The average Bonchev–Trinajstić information content (AvgIpc) is 2.37. The van der Waals surface area contributed by atoms with E-state index < -0.39 is 23.1 Å². The third-order valence-corrected chi connectivity index (χ3v) is 2.56. The predicted molar refractivity (Wildman–Crippen MR) is 68.0 cm³/mol. The first-order valence-corrected chi connectivity index (χ1v) is 5.53. The fraction of sp³-hybridized carbons (Fsp3) is 0. The molecule has 1 aromatic carbocycles. The van der Waals surface area contributed by atoms with E-state index in [0.29, 0.717) is 0 Å². The number of amides is 1. The van der Waals surface area contributed by atoms with Gasteiger partial charge in [-0.05, 0) is 24.3 Å². The molecule has 0 radical (unpaired) electrons. The van der Waals surface area contributed by atoms with Crippen molar-refractivity contribution in [3.63, 3.8) is 0 Å². The van der Waals surface area contributed by atoms with Crippen molar-refractivity contribution in [2.75, 3.05) is 11.1 Å². The lowest BCUT2D eigenvalue weighted by Gasteiger charge is -2.08. The van der Waals surface area contributed by atoms with Crippen LogP contribution in [-0.2, 0) is 0 Å². The van der Waals surface area contributed by atoms with Gasteiger partial charge >= 0.3 is 0 Å². The number of carbonyl (C=O) groups excluding carboxylic acids is 1. The molecule has 0 saturated heterocycles. The number of benzene rings is 1. The second kappa shape index (κ2) is 5.19. The minimum atomic E-state index is -1.10. The summed E-state index contributed by atoms with van der Waals surface area (Å²) in [6.45, 7) is 0. The van der Waals surface area contributed by atoms with Gasteiger partial charge in [0.1, 0.15) is 16.5 Å². The smallest absolute Gasteiger partial charge is 0.261 e. The molecule has 0 aliphatic heterocycles. The Morgan fingerprint density at radius 3 is 2.63 bits per heavy atom. The van der Waals surface area contributed by atoms with E-state index in [4.69, 9.17) is 17.3 Å². The van der Waals surface area contributed by atoms with Crippen LogP contribution in [-0.4, -0.2) is 10.9 Å². The van der Waals surface area contributed by atoms with Crippen LogP contribution in [0.5, 0.6) is 0 Å². The standard InChI is InChI=1S/C12H8ClF2N3O/c13-9-4-1-6(5-17-9)18-12(19)10-7(14)2-3-8(16)11(10)15/h1-5H,16H2,(H,18,19). The number of carbonyl (C=O) groups is 1. The molecule has 2 aromatic rings. The average molecular weight is 284 g/mol. The summed E-state index contributed by atoms with van der Waals surface area (Å²) in [5.41, 5.74) is 4.50. The normalized spacial score (nSPS) is 10.3. The Balaban J connectivity index is 2.30. The molecule has 3 N–H and O–H groups in total. The van der Waals surface area contributed by atoms with Gasteiger partial charge in [-0.3, -0.25) is 4.79 Å². The Labute approximate surface area is 112 Å². The van der Waals surface area contributed by atoms with Gasteiger partial charge in [0, 0.05) is 0 Å². The van der Waals surface area contributed by atoms with Crippen LogP contribution in [0, 0.1) is 11.6 Å². The van der Waals surface area contributed by atoms with Crippen molar-refractivity contribution in [1.29, 1.82) is 0 Å². The first-order valence-electron chi connectivity index (χ1n) is 5.15. The van der Waals surface area contributed by atoms with Crippen molar-refractivity contribution in [1.82, 2.24) is 4.98 Å². The molecule has 0 fully saturated rings. The molecule has 1 amide bonds. The SMILES string of the molecule is Nc1ccc(F)c(C(=O)Nc2ccc(Cl)nc2)c1F. The van der Waals surface area contributed by atoms with Crippen LogP contribution in [0.15, 0.2) is 30.5 Å². The number of aromatic nitrogens is 1. The first-order chi connectivity index (χ1) is 8.99. The molecule has 4 nitrogen and oxygen atoms in total. The summed E-state index contributed by atoms with van der Waals surface area (Å²) in [6, 6.07) is 4.86. The van der Waals surface area contributed by atoms with Crippen LogP contribution < -0.4 is 11.1 Å². The lowest BCUT2D eigenvalue weighted by molar-refractivity contribution is 0.101. The fourth-order valence-electron chi connectivity index (χ4n) is 1.42. The second-order valence-corrected chi connectivity index (χ2v) is 4.04. The first kappa shape index (κ1) is 13.2. The van der Waals surface area contributed by atoms with E-state index in [-0.39, 0.29) is 16.5 Å². The van der Waals surface area contributed by atoms with E-state index in [0.717, 1.165) is 12.1 Å². The molecule has 1 heterocycles. The molecule has 0 bridgehead atoms. The lowest BCUT2D eigenvalue weighted by atomic mass is 10.1. The highest BCUT2D eigenvalue weighted by molar-refractivity contribution is 6.29. The third-order valence-electron chi connectivity index (χ3n) is 2.33. The zero-order valence-corrected chi connectivity index (χ0v) is 10.2. The number of anilines is 2. The highest BCUT2D eigenvalue weighted by atomic mass is 35.5.